The number of urea groups is 1. The van der Waals surface area contributed by atoms with Crippen molar-refractivity contribution in [1.29, 1.82) is 0 Å². The lowest BCUT2D eigenvalue weighted by Gasteiger charge is -2.30. The molecule has 3 atom stereocenters. The number of nitrogens with zero attached hydrogens (tertiary/aromatic N) is 1. The summed E-state index contributed by atoms with van der Waals surface area (Å²) < 4.78 is 20.5. The van der Waals surface area contributed by atoms with Gasteiger partial charge in [-0.1, -0.05) is 49.4 Å². The molecule has 3 aromatic carbocycles. The Morgan fingerprint density at radius 2 is 1.84 bits per heavy atom. The minimum Gasteiger partial charge on any atom is -0.491 e. The number of hydrogen-bond donors (Lipinski definition) is 3. The summed E-state index contributed by atoms with van der Waals surface area (Å²) >= 11 is 1.96. The van der Waals surface area contributed by atoms with Crippen molar-refractivity contribution in [2.75, 3.05) is 18.5 Å². The van der Waals surface area contributed by atoms with Gasteiger partial charge in [-0.3, -0.25) is 9.59 Å². The molecular formula is C27H25FIN3O5. The average molecular weight is 617 g/mol. The van der Waals surface area contributed by atoms with Crippen LogP contribution in [-0.4, -0.2) is 47.1 Å². The van der Waals surface area contributed by atoms with Crippen molar-refractivity contribution in [3.05, 3.63) is 93.3 Å². The van der Waals surface area contributed by atoms with Crippen LogP contribution in [0.4, 0.5) is 14.9 Å². The minimum atomic E-state index is -1.24. The van der Waals surface area contributed by atoms with E-state index in [2.05, 4.69) is 10.6 Å². The van der Waals surface area contributed by atoms with Gasteiger partial charge in [0.05, 0.1) is 12.3 Å². The van der Waals surface area contributed by atoms with Gasteiger partial charge in [-0.2, -0.15) is 0 Å². The third-order valence-electron chi connectivity index (χ3n) is 6.08. The largest absolute Gasteiger partial charge is 0.491 e. The molecule has 1 aliphatic heterocycles. The van der Waals surface area contributed by atoms with Crippen molar-refractivity contribution >= 4 is 46.1 Å². The smallest absolute Gasteiger partial charge is 0.325 e. The fourth-order valence-electron chi connectivity index (χ4n) is 4.21. The molecule has 1 fully saturated rings. The molecule has 0 bridgehead atoms. The minimum absolute atomic E-state index is 0.0438. The van der Waals surface area contributed by atoms with Gasteiger partial charge in [0.1, 0.15) is 30.3 Å². The van der Waals surface area contributed by atoms with E-state index in [1.807, 2.05) is 28.7 Å². The molecule has 1 saturated heterocycles. The number of hydrogen-bond acceptors (Lipinski definition) is 5. The van der Waals surface area contributed by atoms with Gasteiger partial charge >= 0.3 is 6.03 Å². The summed E-state index contributed by atoms with van der Waals surface area (Å²) in [7, 11) is 0. The van der Waals surface area contributed by atoms with Crippen molar-refractivity contribution < 1.29 is 28.6 Å². The summed E-state index contributed by atoms with van der Waals surface area (Å²) in [5.41, 5.74) is 1.20. The summed E-state index contributed by atoms with van der Waals surface area (Å²) in [6.45, 7) is 1.73. The molecular weight excluding hydrogens is 592 g/mol. The zero-order valence-corrected chi connectivity index (χ0v) is 22.0. The van der Waals surface area contributed by atoms with Crippen LogP contribution in [0.2, 0.25) is 0 Å². The first-order chi connectivity index (χ1) is 17.8. The molecule has 1 unspecified atom stereocenters. The predicted molar refractivity (Wildman–Crippen MR) is 144 cm³/mol. The van der Waals surface area contributed by atoms with Crippen LogP contribution in [-0.2, 0) is 9.59 Å². The Hall–Kier alpha value is -3.51. The molecule has 8 nitrogen and oxygen atoms in total. The Balaban J connectivity index is 1.64. The zero-order valence-electron chi connectivity index (χ0n) is 19.9. The van der Waals surface area contributed by atoms with Crippen LogP contribution < -0.4 is 15.4 Å². The number of anilines is 1. The van der Waals surface area contributed by atoms with Gasteiger partial charge in [0, 0.05) is 9.49 Å². The van der Waals surface area contributed by atoms with Gasteiger partial charge in [-0.05, 0) is 64.0 Å². The van der Waals surface area contributed by atoms with Gasteiger partial charge in [0.25, 0.3) is 5.91 Å². The van der Waals surface area contributed by atoms with Crippen LogP contribution in [0, 0.1) is 9.39 Å². The highest BCUT2D eigenvalue weighted by molar-refractivity contribution is 14.1. The maximum absolute atomic E-state index is 14.5. The molecule has 1 heterocycles. The summed E-state index contributed by atoms with van der Waals surface area (Å²) in [4.78, 5) is 41.1. The van der Waals surface area contributed by atoms with Crippen LogP contribution in [0.15, 0.2) is 72.8 Å². The molecule has 0 spiro atoms. The van der Waals surface area contributed by atoms with Gasteiger partial charge < -0.3 is 20.5 Å². The van der Waals surface area contributed by atoms with Gasteiger partial charge in [-0.25, -0.2) is 14.1 Å². The van der Waals surface area contributed by atoms with E-state index in [1.165, 1.54) is 12.1 Å². The molecule has 0 saturated carbocycles. The number of carbonyl (C=O) groups is 3. The maximum atomic E-state index is 14.5. The second kappa shape index (κ2) is 11.7. The van der Waals surface area contributed by atoms with E-state index in [1.54, 1.807) is 61.5 Å². The highest BCUT2D eigenvalue weighted by atomic mass is 127. The topological polar surface area (TPSA) is 108 Å². The summed E-state index contributed by atoms with van der Waals surface area (Å²) in [6.07, 6.45) is 0. The monoisotopic (exact) mass is 617 g/mol. The number of aliphatic hydroxyl groups excluding tert-OH is 1. The lowest BCUT2D eigenvalue weighted by Crippen LogP contribution is -2.50. The van der Waals surface area contributed by atoms with Crippen LogP contribution in [0.5, 0.6) is 5.75 Å². The normalized spacial score (nSPS) is 16.8. The van der Waals surface area contributed by atoms with Gasteiger partial charge in [0.2, 0.25) is 5.91 Å². The number of aliphatic hydroxyl groups is 1. The van der Waals surface area contributed by atoms with E-state index in [0.29, 0.717) is 14.9 Å². The quantitative estimate of drug-likeness (QED) is 0.247. The first-order valence-electron chi connectivity index (χ1n) is 11.6. The number of ether oxygens (including phenoxy) is 1. The highest BCUT2D eigenvalue weighted by Gasteiger charge is 2.47. The van der Waals surface area contributed by atoms with E-state index >= 15 is 0 Å². The Bertz CT molecular complexity index is 1290. The summed E-state index contributed by atoms with van der Waals surface area (Å²) in [5, 5.41) is 14.1. The Kier molecular flexibility index (Phi) is 8.39. The first kappa shape index (κ1) is 26.6. The average Bonchev–Trinajstić information content (AvgIpc) is 3.19. The Morgan fingerprint density at radius 3 is 2.49 bits per heavy atom. The second-order valence-electron chi connectivity index (χ2n) is 8.49. The molecule has 3 aromatic rings. The Labute approximate surface area is 227 Å². The van der Waals surface area contributed by atoms with Crippen molar-refractivity contribution in [1.82, 2.24) is 10.2 Å². The number of carbonyl (C=O) groups excluding carboxylic acids is 3. The van der Waals surface area contributed by atoms with E-state index in [9.17, 15) is 18.8 Å². The molecule has 192 valence electrons. The number of imide groups is 1. The number of amides is 4. The SMILES string of the molecule is C[C@@H](c1ccccc1)C(C(=O)Nc1ccc(I)cc1F)N1C(=O)N[C@@H](c2ccc(OCCO)cc2)C1=O. The zero-order chi connectivity index (χ0) is 26.5. The van der Waals surface area contributed by atoms with Crippen molar-refractivity contribution in [2.24, 2.45) is 0 Å². The van der Waals surface area contributed by atoms with Gasteiger partial charge in [-0.15, -0.1) is 0 Å². The number of halogens is 2. The number of rotatable bonds is 9. The van der Waals surface area contributed by atoms with E-state index in [0.717, 1.165) is 10.5 Å². The highest BCUT2D eigenvalue weighted by Crippen LogP contribution is 2.32. The van der Waals surface area contributed by atoms with E-state index < -0.39 is 41.7 Å². The predicted octanol–water partition coefficient (Wildman–Crippen LogP) is 4.21. The van der Waals surface area contributed by atoms with Crippen molar-refractivity contribution in [2.45, 2.75) is 24.9 Å². The molecule has 3 N–H and O–H groups in total. The molecule has 4 amide bonds. The molecule has 37 heavy (non-hydrogen) atoms. The third-order valence-corrected chi connectivity index (χ3v) is 6.75. The lowest BCUT2D eigenvalue weighted by atomic mass is 9.91. The lowest BCUT2D eigenvalue weighted by molar-refractivity contribution is -0.134. The van der Waals surface area contributed by atoms with Crippen LogP contribution in [0.25, 0.3) is 0 Å². The van der Waals surface area contributed by atoms with E-state index in [4.69, 9.17) is 9.84 Å². The van der Waals surface area contributed by atoms with Crippen LogP contribution >= 0.6 is 22.6 Å². The van der Waals surface area contributed by atoms with Crippen molar-refractivity contribution in [3.63, 3.8) is 0 Å². The molecule has 10 heteroatoms. The van der Waals surface area contributed by atoms with Gasteiger partial charge in [0.15, 0.2) is 0 Å². The second-order valence-corrected chi connectivity index (χ2v) is 9.74. The Morgan fingerprint density at radius 1 is 1.14 bits per heavy atom. The van der Waals surface area contributed by atoms with Crippen molar-refractivity contribution in [3.8, 4) is 5.75 Å². The molecule has 0 radical (unpaired) electrons. The van der Waals surface area contributed by atoms with Crippen LogP contribution in [0.3, 0.4) is 0 Å². The first-order valence-corrected chi connectivity index (χ1v) is 12.7. The fourth-order valence-corrected chi connectivity index (χ4v) is 4.66. The molecule has 0 aliphatic carbocycles. The van der Waals surface area contributed by atoms with Crippen LogP contribution in [0.1, 0.15) is 30.0 Å². The summed E-state index contributed by atoms with van der Waals surface area (Å²) in [5.74, 6) is -1.99. The molecule has 0 aromatic heterocycles. The molecule has 1 aliphatic rings. The van der Waals surface area contributed by atoms with E-state index in [-0.39, 0.29) is 18.9 Å². The maximum Gasteiger partial charge on any atom is 0.325 e. The number of benzene rings is 3. The third kappa shape index (κ3) is 5.91. The molecule has 4 rings (SSSR count). The number of nitrogens with one attached hydrogen (secondary N) is 2. The fraction of sp³-hybridized carbons (Fsp3) is 0.222. The summed E-state index contributed by atoms with van der Waals surface area (Å²) in [6, 6.07) is 16.9. The standard InChI is InChI=1S/C27H25FIN3O5/c1-16(17-5-3-2-4-6-17)24(25(34)30-22-12-9-19(29)15-21(22)28)32-26(35)23(31-27(32)36)18-7-10-20(11-8-18)37-14-13-33/h2-12,15-16,23-24,33H,13-14H2,1H3,(H,30,34)(H,31,36)/t16-,23-,24?/m0/s1.